The van der Waals surface area contributed by atoms with Crippen molar-refractivity contribution in [3.8, 4) is 5.75 Å². The summed E-state index contributed by atoms with van der Waals surface area (Å²) in [7, 11) is 1.56. The van der Waals surface area contributed by atoms with Gasteiger partial charge in [-0.25, -0.2) is 0 Å². The second kappa shape index (κ2) is 7.31. The number of nitrogens with one attached hydrogen (secondary N) is 1. The second-order valence-corrected chi connectivity index (χ2v) is 6.27. The first kappa shape index (κ1) is 17.3. The molecule has 0 spiro atoms. The Morgan fingerprint density at radius 3 is 2.62 bits per heavy atom. The lowest BCUT2D eigenvalue weighted by Gasteiger charge is -2.29. The molecule has 5 nitrogen and oxygen atoms in total. The van der Waals surface area contributed by atoms with Gasteiger partial charge in [-0.05, 0) is 29.0 Å². The maximum Gasteiger partial charge on any atom is 0.173 e. The minimum Gasteiger partial charge on any atom is -0.496 e. The van der Waals surface area contributed by atoms with Gasteiger partial charge in [0.2, 0.25) is 0 Å². The molecular formula is C16H27N3O2. The highest BCUT2D eigenvalue weighted by Gasteiger charge is 2.21. The summed E-state index contributed by atoms with van der Waals surface area (Å²) in [5.74, 6) is 1.25. The maximum absolute atomic E-state index is 8.83. The number of oxime groups is 1. The Labute approximate surface area is 127 Å². The molecule has 0 unspecified atom stereocenters. The second-order valence-electron chi connectivity index (χ2n) is 6.27. The molecule has 0 saturated carbocycles. The van der Waals surface area contributed by atoms with E-state index in [9.17, 15) is 0 Å². The topological polar surface area (TPSA) is 79.9 Å². The van der Waals surface area contributed by atoms with E-state index in [0.717, 1.165) is 18.7 Å². The fourth-order valence-electron chi connectivity index (χ4n) is 1.85. The third-order valence-electron chi connectivity index (χ3n) is 4.12. The molecular weight excluding hydrogens is 266 g/mol. The molecule has 0 bridgehead atoms. The van der Waals surface area contributed by atoms with Crippen LogP contribution in [0.5, 0.6) is 5.75 Å². The monoisotopic (exact) mass is 293 g/mol. The Bertz CT molecular complexity index is 496. The van der Waals surface area contributed by atoms with Gasteiger partial charge in [0.05, 0.1) is 12.7 Å². The van der Waals surface area contributed by atoms with Gasteiger partial charge in [-0.3, -0.25) is 0 Å². The molecule has 0 radical (unpaired) electrons. The molecule has 1 aromatic rings. The van der Waals surface area contributed by atoms with Gasteiger partial charge in [-0.15, -0.1) is 0 Å². The fourth-order valence-corrected chi connectivity index (χ4v) is 1.85. The molecule has 0 atom stereocenters. The molecule has 0 aliphatic heterocycles. The molecule has 1 rings (SSSR count). The summed E-state index contributed by atoms with van der Waals surface area (Å²) in [5, 5.41) is 15.3. The predicted octanol–water partition coefficient (Wildman–Crippen LogP) is 2.56. The van der Waals surface area contributed by atoms with Crippen LogP contribution < -0.4 is 15.8 Å². The van der Waals surface area contributed by atoms with E-state index in [1.165, 1.54) is 0 Å². The third-order valence-corrected chi connectivity index (χ3v) is 4.12. The molecule has 0 heterocycles. The molecule has 21 heavy (non-hydrogen) atoms. The Kier molecular flexibility index (Phi) is 6.03. The van der Waals surface area contributed by atoms with Crippen molar-refractivity contribution in [2.24, 2.45) is 22.2 Å². The summed E-state index contributed by atoms with van der Waals surface area (Å²) in [5.41, 5.74) is 7.58. The van der Waals surface area contributed by atoms with Gasteiger partial charge in [-0.2, -0.15) is 0 Å². The smallest absolute Gasteiger partial charge is 0.173 e. The first-order valence-corrected chi connectivity index (χ1v) is 7.17. The lowest BCUT2D eigenvalue weighted by atomic mass is 9.81. The highest BCUT2D eigenvalue weighted by atomic mass is 16.5. The average Bonchev–Trinajstić information content (AvgIpc) is 2.45. The van der Waals surface area contributed by atoms with Crippen LogP contribution in [0.4, 0.5) is 0 Å². The lowest BCUT2D eigenvalue weighted by Crippen LogP contribution is -2.33. The SMILES string of the molecule is COc1ccc(CNCC(C)(C)C(C)C)cc1/C(N)=N/O. The predicted molar refractivity (Wildman–Crippen MR) is 85.8 cm³/mol. The van der Waals surface area contributed by atoms with Crippen LogP contribution in [0.25, 0.3) is 0 Å². The van der Waals surface area contributed by atoms with E-state index in [1.807, 2.05) is 18.2 Å². The van der Waals surface area contributed by atoms with Crippen molar-refractivity contribution in [1.29, 1.82) is 0 Å². The fraction of sp³-hybridized carbons (Fsp3) is 0.562. The number of hydrogen-bond acceptors (Lipinski definition) is 4. The Balaban J connectivity index is 2.77. The minimum atomic E-state index is 0.0520. The van der Waals surface area contributed by atoms with E-state index in [4.69, 9.17) is 15.7 Å². The normalized spacial score (nSPS) is 12.8. The summed E-state index contributed by atoms with van der Waals surface area (Å²) in [4.78, 5) is 0. The van der Waals surface area contributed by atoms with E-state index in [2.05, 4.69) is 38.2 Å². The number of nitrogens with two attached hydrogens (primary N) is 1. The van der Waals surface area contributed by atoms with E-state index in [0.29, 0.717) is 17.2 Å². The van der Waals surface area contributed by atoms with Crippen molar-refractivity contribution in [2.45, 2.75) is 34.2 Å². The molecule has 118 valence electrons. The van der Waals surface area contributed by atoms with Crippen molar-refractivity contribution in [2.75, 3.05) is 13.7 Å². The maximum atomic E-state index is 8.83. The highest BCUT2D eigenvalue weighted by molar-refractivity contribution is 5.99. The number of methoxy groups -OCH3 is 1. The number of rotatable bonds is 7. The molecule has 0 saturated heterocycles. The molecule has 5 heteroatoms. The molecule has 4 N–H and O–H groups in total. The zero-order chi connectivity index (χ0) is 16.0. The summed E-state index contributed by atoms with van der Waals surface area (Å²) in [6.07, 6.45) is 0. The summed E-state index contributed by atoms with van der Waals surface area (Å²) in [6, 6.07) is 5.68. The highest BCUT2D eigenvalue weighted by Crippen LogP contribution is 2.25. The summed E-state index contributed by atoms with van der Waals surface area (Å²) in [6.45, 7) is 10.6. The van der Waals surface area contributed by atoms with Gasteiger partial charge in [0.15, 0.2) is 5.84 Å². The Hall–Kier alpha value is -1.75. The first-order valence-electron chi connectivity index (χ1n) is 7.17. The number of amidine groups is 1. The molecule has 1 aromatic carbocycles. The number of ether oxygens (including phenoxy) is 1. The van der Waals surface area contributed by atoms with Gasteiger partial charge in [0.25, 0.3) is 0 Å². The Morgan fingerprint density at radius 1 is 1.43 bits per heavy atom. The molecule has 0 aromatic heterocycles. The van der Waals surface area contributed by atoms with E-state index in [-0.39, 0.29) is 11.3 Å². The van der Waals surface area contributed by atoms with Gasteiger partial charge in [0, 0.05) is 13.1 Å². The van der Waals surface area contributed by atoms with Crippen LogP contribution in [0, 0.1) is 11.3 Å². The molecule has 0 aliphatic carbocycles. The summed E-state index contributed by atoms with van der Waals surface area (Å²) >= 11 is 0. The van der Waals surface area contributed by atoms with Gasteiger partial charge in [-0.1, -0.05) is 38.9 Å². The van der Waals surface area contributed by atoms with Crippen LogP contribution in [0.2, 0.25) is 0 Å². The van der Waals surface area contributed by atoms with Crippen LogP contribution >= 0.6 is 0 Å². The minimum absolute atomic E-state index is 0.0520. The van der Waals surface area contributed by atoms with Gasteiger partial charge in [0.1, 0.15) is 5.75 Å². The standard InChI is InChI=1S/C16H27N3O2/c1-11(2)16(3,4)10-18-9-12-6-7-14(21-5)13(8-12)15(17)19-20/h6-8,11,18,20H,9-10H2,1-5H3,(H2,17,19). The average molecular weight is 293 g/mol. The van der Waals surface area contributed by atoms with Crippen LogP contribution in [0.15, 0.2) is 23.4 Å². The van der Waals surface area contributed by atoms with Gasteiger partial charge >= 0.3 is 0 Å². The van der Waals surface area contributed by atoms with Crippen LogP contribution in [0.3, 0.4) is 0 Å². The van der Waals surface area contributed by atoms with Crippen LogP contribution in [-0.4, -0.2) is 24.7 Å². The molecule has 0 amide bonds. The summed E-state index contributed by atoms with van der Waals surface area (Å²) < 4.78 is 5.22. The van der Waals surface area contributed by atoms with E-state index in [1.54, 1.807) is 7.11 Å². The van der Waals surface area contributed by atoms with Crippen LogP contribution in [-0.2, 0) is 6.54 Å². The largest absolute Gasteiger partial charge is 0.496 e. The van der Waals surface area contributed by atoms with Crippen molar-refractivity contribution < 1.29 is 9.94 Å². The lowest BCUT2D eigenvalue weighted by molar-refractivity contribution is 0.238. The molecule has 0 fully saturated rings. The zero-order valence-corrected chi connectivity index (χ0v) is 13.6. The van der Waals surface area contributed by atoms with Crippen molar-refractivity contribution in [1.82, 2.24) is 5.32 Å². The van der Waals surface area contributed by atoms with Crippen molar-refractivity contribution >= 4 is 5.84 Å². The number of nitrogens with zero attached hydrogens (tertiary/aromatic N) is 1. The van der Waals surface area contributed by atoms with Crippen LogP contribution in [0.1, 0.15) is 38.8 Å². The first-order chi connectivity index (χ1) is 9.81. The number of hydrogen-bond donors (Lipinski definition) is 3. The van der Waals surface area contributed by atoms with Gasteiger partial charge < -0.3 is 21.0 Å². The molecule has 0 aliphatic rings. The van der Waals surface area contributed by atoms with Crippen molar-refractivity contribution in [3.05, 3.63) is 29.3 Å². The van der Waals surface area contributed by atoms with E-state index >= 15 is 0 Å². The zero-order valence-electron chi connectivity index (χ0n) is 13.6. The van der Waals surface area contributed by atoms with Crippen molar-refractivity contribution in [3.63, 3.8) is 0 Å². The Morgan fingerprint density at radius 2 is 2.10 bits per heavy atom. The quantitative estimate of drug-likeness (QED) is 0.312. The van der Waals surface area contributed by atoms with E-state index < -0.39 is 0 Å². The third kappa shape index (κ3) is 4.63. The number of benzene rings is 1.